The Hall–Kier alpha value is -1.55. The van der Waals surface area contributed by atoms with Crippen LogP contribution in [0.5, 0.6) is 0 Å². The fraction of sp³-hybridized carbons (Fsp3) is 0.562. The molecule has 1 fully saturated rings. The maximum atomic E-state index is 12.3. The number of rotatable bonds is 4. The molecule has 4 heteroatoms. The van der Waals surface area contributed by atoms with Crippen molar-refractivity contribution >= 4 is 11.6 Å². The summed E-state index contributed by atoms with van der Waals surface area (Å²) < 4.78 is 0. The summed E-state index contributed by atoms with van der Waals surface area (Å²) in [4.78, 5) is 16.5. The molecule has 0 radical (unpaired) electrons. The predicted molar refractivity (Wildman–Crippen MR) is 82.7 cm³/mol. The summed E-state index contributed by atoms with van der Waals surface area (Å²) in [6.07, 6.45) is 0.762. The van der Waals surface area contributed by atoms with Crippen molar-refractivity contribution in [3.63, 3.8) is 0 Å². The Kier molecular flexibility index (Phi) is 5.01. The van der Waals surface area contributed by atoms with Crippen molar-refractivity contribution in [2.24, 2.45) is 11.7 Å². The Morgan fingerprint density at radius 1 is 1.15 bits per heavy atom. The van der Waals surface area contributed by atoms with E-state index in [-0.39, 0.29) is 11.9 Å². The zero-order valence-electron chi connectivity index (χ0n) is 12.5. The molecule has 1 aromatic rings. The molecule has 110 valence electrons. The van der Waals surface area contributed by atoms with Crippen molar-refractivity contribution in [1.82, 2.24) is 4.90 Å². The van der Waals surface area contributed by atoms with E-state index < -0.39 is 0 Å². The van der Waals surface area contributed by atoms with Gasteiger partial charge in [-0.15, -0.1) is 0 Å². The first-order chi connectivity index (χ1) is 9.58. The van der Waals surface area contributed by atoms with Crippen LogP contribution in [0.15, 0.2) is 30.3 Å². The van der Waals surface area contributed by atoms with Gasteiger partial charge in [0.1, 0.15) is 0 Å². The predicted octanol–water partition coefficient (Wildman–Crippen LogP) is 1.71. The summed E-state index contributed by atoms with van der Waals surface area (Å²) in [5.74, 6) is 0.561. The van der Waals surface area contributed by atoms with Crippen molar-refractivity contribution in [2.45, 2.75) is 26.3 Å². The molecule has 1 heterocycles. The summed E-state index contributed by atoms with van der Waals surface area (Å²) in [6.45, 7) is 7.48. The lowest BCUT2D eigenvalue weighted by Crippen LogP contribution is -2.53. The standard InChI is InChI=1S/C16H25N3O/c1-13(2)12-15(17)16(20)19-10-8-18(9-11-19)14-6-4-3-5-7-14/h3-7,13,15H,8-12,17H2,1-2H3. The van der Waals surface area contributed by atoms with E-state index in [1.165, 1.54) is 5.69 Å². The van der Waals surface area contributed by atoms with Crippen molar-refractivity contribution in [3.8, 4) is 0 Å². The number of nitrogens with zero attached hydrogens (tertiary/aromatic N) is 2. The maximum Gasteiger partial charge on any atom is 0.239 e. The van der Waals surface area contributed by atoms with E-state index in [0.717, 1.165) is 32.6 Å². The van der Waals surface area contributed by atoms with Crippen LogP contribution in [-0.4, -0.2) is 43.0 Å². The molecule has 1 amide bonds. The van der Waals surface area contributed by atoms with Gasteiger partial charge < -0.3 is 15.5 Å². The Morgan fingerprint density at radius 3 is 2.30 bits per heavy atom. The van der Waals surface area contributed by atoms with Gasteiger partial charge in [-0.05, 0) is 24.5 Å². The van der Waals surface area contributed by atoms with Crippen LogP contribution in [-0.2, 0) is 4.79 Å². The van der Waals surface area contributed by atoms with Crippen LogP contribution in [0.2, 0.25) is 0 Å². The number of hydrogen-bond donors (Lipinski definition) is 1. The van der Waals surface area contributed by atoms with Crippen LogP contribution in [0.3, 0.4) is 0 Å². The van der Waals surface area contributed by atoms with Crippen molar-refractivity contribution in [2.75, 3.05) is 31.1 Å². The minimum atomic E-state index is -0.349. The zero-order chi connectivity index (χ0) is 14.5. The first-order valence-corrected chi connectivity index (χ1v) is 7.42. The quantitative estimate of drug-likeness (QED) is 0.910. The summed E-state index contributed by atoms with van der Waals surface area (Å²) >= 11 is 0. The van der Waals surface area contributed by atoms with E-state index in [2.05, 4.69) is 30.9 Å². The third kappa shape index (κ3) is 3.73. The highest BCUT2D eigenvalue weighted by Crippen LogP contribution is 2.16. The lowest BCUT2D eigenvalue weighted by molar-refractivity contribution is -0.133. The smallest absolute Gasteiger partial charge is 0.239 e. The third-order valence-electron chi connectivity index (χ3n) is 3.76. The molecule has 2 rings (SSSR count). The van der Waals surface area contributed by atoms with Gasteiger partial charge in [0.15, 0.2) is 0 Å². The second-order valence-electron chi connectivity index (χ2n) is 5.88. The van der Waals surface area contributed by atoms with Crippen LogP contribution >= 0.6 is 0 Å². The zero-order valence-corrected chi connectivity index (χ0v) is 12.5. The van der Waals surface area contributed by atoms with Gasteiger partial charge in [-0.3, -0.25) is 4.79 Å². The number of amides is 1. The lowest BCUT2D eigenvalue weighted by atomic mass is 10.0. The fourth-order valence-electron chi connectivity index (χ4n) is 2.67. The number of anilines is 1. The minimum absolute atomic E-state index is 0.103. The van der Waals surface area contributed by atoms with Gasteiger partial charge in [-0.1, -0.05) is 32.0 Å². The molecule has 0 spiro atoms. The number of nitrogens with two attached hydrogens (primary N) is 1. The molecule has 20 heavy (non-hydrogen) atoms. The second-order valence-corrected chi connectivity index (χ2v) is 5.88. The average molecular weight is 275 g/mol. The van der Waals surface area contributed by atoms with Gasteiger partial charge in [0.2, 0.25) is 5.91 Å². The normalized spacial score (nSPS) is 17.4. The van der Waals surface area contributed by atoms with E-state index in [1.54, 1.807) is 0 Å². The van der Waals surface area contributed by atoms with E-state index >= 15 is 0 Å². The van der Waals surface area contributed by atoms with Gasteiger partial charge in [0.05, 0.1) is 6.04 Å². The summed E-state index contributed by atoms with van der Waals surface area (Å²) in [6, 6.07) is 9.99. The highest BCUT2D eigenvalue weighted by Gasteiger charge is 2.25. The number of piperazine rings is 1. The molecule has 0 bridgehead atoms. The molecular formula is C16H25N3O. The van der Waals surface area contributed by atoms with Gasteiger partial charge >= 0.3 is 0 Å². The average Bonchev–Trinajstić information content (AvgIpc) is 2.47. The SMILES string of the molecule is CC(C)CC(N)C(=O)N1CCN(c2ccccc2)CC1. The van der Waals surface area contributed by atoms with Crippen molar-refractivity contribution < 1.29 is 4.79 Å². The van der Waals surface area contributed by atoms with E-state index in [4.69, 9.17) is 5.73 Å². The van der Waals surface area contributed by atoms with Crippen molar-refractivity contribution in [1.29, 1.82) is 0 Å². The Morgan fingerprint density at radius 2 is 1.75 bits per heavy atom. The van der Waals surface area contributed by atoms with E-state index in [0.29, 0.717) is 5.92 Å². The van der Waals surface area contributed by atoms with Gasteiger partial charge in [-0.25, -0.2) is 0 Å². The summed E-state index contributed by atoms with van der Waals surface area (Å²) in [5, 5.41) is 0. The molecule has 2 N–H and O–H groups in total. The molecule has 0 aliphatic carbocycles. The largest absolute Gasteiger partial charge is 0.368 e. The van der Waals surface area contributed by atoms with Crippen LogP contribution in [0.25, 0.3) is 0 Å². The van der Waals surface area contributed by atoms with Crippen molar-refractivity contribution in [3.05, 3.63) is 30.3 Å². The number of carbonyl (C=O) groups excluding carboxylic acids is 1. The molecule has 1 aliphatic heterocycles. The molecule has 0 aromatic heterocycles. The van der Waals surface area contributed by atoms with Gasteiger partial charge in [0.25, 0.3) is 0 Å². The Labute approximate surface area is 121 Å². The Balaban J connectivity index is 1.86. The lowest BCUT2D eigenvalue weighted by Gasteiger charge is -2.37. The van der Waals surface area contributed by atoms with Gasteiger partial charge in [-0.2, -0.15) is 0 Å². The monoisotopic (exact) mass is 275 g/mol. The number of hydrogen-bond acceptors (Lipinski definition) is 3. The highest BCUT2D eigenvalue weighted by atomic mass is 16.2. The Bertz CT molecular complexity index is 425. The topological polar surface area (TPSA) is 49.6 Å². The first kappa shape index (κ1) is 14.9. The van der Waals surface area contributed by atoms with E-state index in [9.17, 15) is 4.79 Å². The fourth-order valence-corrected chi connectivity index (χ4v) is 2.67. The molecule has 1 aromatic carbocycles. The number of carbonyl (C=O) groups is 1. The number of para-hydroxylation sites is 1. The molecule has 0 saturated carbocycles. The molecular weight excluding hydrogens is 250 g/mol. The third-order valence-corrected chi connectivity index (χ3v) is 3.76. The second kappa shape index (κ2) is 6.75. The highest BCUT2D eigenvalue weighted by molar-refractivity contribution is 5.81. The van der Waals surface area contributed by atoms with Crippen LogP contribution < -0.4 is 10.6 Å². The van der Waals surface area contributed by atoms with Gasteiger partial charge in [0, 0.05) is 31.9 Å². The maximum absolute atomic E-state index is 12.3. The minimum Gasteiger partial charge on any atom is -0.368 e. The molecule has 1 saturated heterocycles. The molecule has 1 unspecified atom stereocenters. The summed E-state index contributed by atoms with van der Waals surface area (Å²) in [5.41, 5.74) is 7.22. The first-order valence-electron chi connectivity index (χ1n) is 7.42. The summed E-state index contributed by atoms with van der Waals surface area (Å²) in [7, 11) is 0. The molecule has 1 aliphatic rings. The number of benzene rings is 1. The van der Waals surface area contributed by atoms with Crippen LogP contribution in [0.4, 0.5) is 5.69 Å². The molecule has 4 nitrogen and oxygen atoms in total. The molecule has 1 atom stereocenters. The van der Waals surface area contributed by atoms with E-state index in [1.807, 2.05) is 23.1 Å². The van der Waals surface area contributed by atoms with Crippen LogP contribution in [0, 0.1) is 5.92 Å². The van der Waals surface area contributed by atoms with Crippen LogP contribution in [0.1, 0.15) is 20.3 Å².